The van der Waals surface area contributed by atoms with Crippen molar-refractivity contribution in [2.45, 2.75) is 33.1 Å². The van der Waals surface area contributed by atoms with Gasteiger partial charge in [0, 0.05) is 11.3 Å². The summed E-state index contributed by atoms with van der Waals surface area (Å²) in [6.45, 7) is 5.53. The second kappa shape index (κ2) is 8.32. The Balaban J connectivity index is 1.68. The van der Waals surface area contributed by atoms with Crippen LogP contribution in [0.3, 0.4) is 0 Å². The van der Waals surface area contributed by atoms with Crippen LogP contribution >= 0.6 is 0 Å². The highest BCUT2D eigenvalue weighted by Crippen LogP contribution is 2.23. The molecule has 2 rings (SSSR count). The van der Waals surface area contributed by atoms with Crippen LogP contribution in [0.15, 0.2) is 42.5 Å². The van der Waals surface area contributed by atoms with E-state index in [0.29, 0.717) is 6.61 Å². The van der Waals surface area contributed by atoms with Gasteiger partial charge in [0.05, 0.1) is 13.2 Å². The number of hydrogen-bond donors (Lipinski definition) is 1. The maximum Gasteiger partial charge on any atom is 0.124 e. The Morgan fingerprint density at radius 1 is 0.864 bits per heavy atom. The first kappa shape index (κ1) is 16.2. The van der Waals surface area contributed by atoms with Crippen LogP contribution in [-0.2, 0) is 6.42 Å². The molecule has 0 unspecified atom stereocenters. The second-order valence-corrected chi connectivity index (χ2v) is 5.34. The highest BCUT2D eigenvalue weighted by Gasteiger charge is 2.03. The van der Waals surface area contributed by atoms with E-state index in [4.69, 9.17) is 15.2 Å². The lowest BCUT2D eigenvalue weighted by Gasteiger charge is -2.12. The summed E-state index contributed by atoms with van der Waals surface area (Å²) >= 11 is 0. The van der Waals surface area contributed by atoms with Crippen LogP contribution in [0, 0.1) is 6.92 Å². The van der Waals surface area contributed by atoms with E-state index in [2.05, 4.69) is 13.0 Å². The molecule has 0 aromatic heterocycles. The number of anilines is 1. The maximum absolute atomic E-state index is 5.86. The fourth-order valence-electron chi connectivity index (χ4n) is 2.29. The summed E-state index contributed by atoms with van der Waals surface area (Å²) in [5, 5.41) is 0. The van der Waals surface area contributed by atoms with Gasteiger partial charge in [-0.25, -0.2) is 0 Å². The average molecular weight is 299 g/mol. The molecule has 0 amide bonds. The average Bonchev–Trinajstić information content (AvgIpc) is 2.55. The van der Waals surface area contributed by atoms with Gasteiger partial charge in [-0.1, -0.05) is 31.2 Å². The van der Waals surface area contributed by atoms with Crippen LogP contribution in [0.4, 0.5) is 5.69 Å². The fourth-order valence-corrected chi connectivity index (χ4v) is 2.29. The van der Waals surface area contributed by atoms with Crippen LogP contribution < -0.4 is 15.2 Å². The molecule has 3 heteroatoms. The SMILES string of the molecule is CCc1ccccc1OCCCCOc1cccc(N)c1C. The normalized spacial score (nSPS) is 10.5. The van der Waals surface area contributed by atoms with Gasteiger partial charge in [-0.3, -0.25) is 0 Å². The molecular formula is C19H25NO2. The summed E-state index contributed by atoms with van der Waals surface area (Å²) in [6.07, 6.45) is 2.93. The number of ether oxygens (including phenoxy) is 2. The molecule has 0 aliphatic heterocycles. The van der Waals surface area contributed by atoms with Crippen LogP contribution in [0.2, 0.25) is 0 Å². The highest BCUT2D eigenvalue weighted by molar-refractivity contribution is 5.53. The maximum atomic E-state index is 5.86. The van der Waals surface area contributed by atoms with Crippen molar-refractivity contribution in [3.05, 3.63) is 53.6 Å². The number of aryl methyl sites for hydroxylation is 1. The van der Waals surface area contributed by atoms with Gasteiger partial charge in [-0.2, -0.15) is 0 Å². The van der Waals surface area contributed by atoms with E-state index < -0.39 is 0 Å². The van der Waals surface area contributed by atoms with E-state index >= 15 is 0 Å². The van der Waals surface area contributed by atoms with Gasteiger partial charge in [0.15, 0.2) is 0 Å². The first-order valence-corrected chi connectivity index (χ1v) is 7.91. The summed E-state index contributed by atoms with van der Waals surface area (Å²) in [6, 6.07) is 14.0. The number of unbranched alkanes of at least 4 members (excludes halogenated alkanes) is 1. The minimum Gasteiger partial charge on any atom is -0.493 e. The molecule has 0 aliphatic carbocycles. The molecule has 0 fully saturated rings. The van der Waals surface area contributed by atoms with Crippen molar-refractivity contribution < 1.29 is 9.47 Å². The van der Waals surface area contributed by atoms with Gasteiger partial charge in [-0.05, 0) is 49.9 Å². The van der Waals surface area contributed by atoms with Crippen molar-refractivity contribution in [1.82, 2.24) is 0 Å². The van der Waals surface area contributed by atoms with Crippen molar-refractivity contribution in [3.8, 4) is 11.5 Å². The zero-order valence-electron chi connectivity index (χ0n) is 13.5. The summed E-state index contributed by atoms with van der Waals surface area (Å²) in [4.78, 5) is 0. The quantitative estimate of drug-likeness (QED) is 0.581. The Bertz CT molecular complexity index is 596. The first-order valence-electron chi connectivity index (χ1n) is 7.91. The molecule has 0 heterocycles. The van der Waals surface area contributed by atoms with Gasteiger partial charge < -0.3 is 15.2 Å². The Hall–Kier alpha value is -2.16. The lowest BCUT2D eigenvalue weighted by molar-refractivity contribution is 0.264. The van der Waals surface area contributed by atoms with Gasteiger partial charge >= 0.3 is 0 Å². The Morgan fingerprint density at radius 2 is 1.50 bits per heavy atom. The molecule has 2 aromatic carbocycles. The molecule has 0 radical (unpaired) electrons. The van der Waals surface area contributed by atoms with Gasteiger partial charge in [-0.15, -0.1) is 0 Å². The third kappa shape index (κ3) is 4.42. The number of benzene rings is 2. The van der Waals surface area contributed by atoms with Gasteiger partial charge in [0.25, 0.3) is 0 Å². The molecular weight excluding hydrogens is 274 g/mol. The zero-order valence-corrected chi connectivity index (χ0v) is 13.5. The van der Waals surface area contributed by atoms with E-state index in [0.717, 1.165) is 48.6 Å². The first-order chi connectivity index (χ1) is 10.7. The van der Waals surface area contributed by atoms with Crippen molar-refractivity contribution in [1.29, 1.82) is 0 Å². The molecule has 0 aliphatic rings. The van der Waals surface area contributed by atoms with Crippen molar-refractivity contribution in [2.24, 2.45) is 0 Å². The molecule has 0 atom stereocenters. The Labute approximate surface area is 133 Å². The summed E-state index contributed by atoms with van der Waals surface area (Å²) in [7, 11) is 0. The monoisotopic (exact) mass is 299 g/mol. The largest absolute Gasteiger partial charge is 0.493 e. The predicted octanol–water partition coefficient (Wildman–Crippen LogP) is 4.38. The molecule has 0 saturated heterocycles. The lowest BCUT2D eigenvalue weighted by Crippen LogP contribution is -2.04. The molecule has 118 valence electrons. The molecule has 22 heavy (non-hydrogen) atoms. The smallest absolute Gasteiger partial charge is 0.124 e. The van der Waals surface area contributed by atoms with E-state index in [1.807, 2.05) is 43.3 Å². The third-order valence-corrected chi connectivity index (χ3v) is 3.73. The topological polar surface area (TPSA) is 44.5 Å². The number of para-hydroxylation sites is 1. The molecule has 2 aromatic rings. The minimum absolute atomic E-state index is 0.684. The minimum atomic E-state index is 0.684. The fraction of sp³-hybridized carbons (Fsp3) is 0.368. The van der Waals surface area contributed by atoms with Crippen LogP contribution in [0.1, 0.15) is 30.9 Å². The summed E-state index contributed by atoms with van der Waals surface area (Å²) in [5.41, 5.74) is 8.91. The van der Waals surface area contributed by atoms with Crippen molar-refractivity contribution in [3.63, 3.8) is 0 Å². The Kier molecular flexibility index (Phi) is 6.13. The molecule has 0 spiro atoms. The van der Waals surface area contributed by atoms with Crippen LogP contribution in [-0.4, -0.2) is 13.2 Å². The van der Waals surface area contributed by atoms with Gasteiger partial charge in [0.2, 0.25) is 0 Å². The van der Waals surface area contributed by atoms with E-state index in [9.17, 15) is 0 Å². The third-order valence-electron chi connectivity index (χ3n) is 3.73. The zero-order chi connectivity index (χ0) is 15.8. The van der Waals surface area contributed by atoms with Gasteiger partial charge in [0.1, 0.15) is 11.5 Å². The van der Waals surface area contributed by atoms with E-state index in [-0.39, 0.29) is 0 Å². The molecule has 3 nitrogen and oxygen atoms in total. The number of rotatable bonds is 8. The highest BCUT2D eigenvalue weighted by atomic mass is 16.5. The summed E-state index contributed by atoms with van der Waals surface area (Å²) < 4.78 is 11.6. The lowest BCUT2D eigenvalue weighted by atomic mass is 10.1. The molecule has 0 bridgehead atoms. The number of nitrogen functional groups attached to an aromatic ring is 1. The van der Waals surface area contributed by atoms with Crippen LogP contribution in [0.5, 0.6) is 11.5 Å². The Morgan fingerprint density at radius 3 is 2.23 bits per heavy atom. The van der Waals surface area contributed by atoms with Crippen molar-refractivity contribution >= 4 is 5.69 Å². The molecule has 0 saturated carbocycles. The summed E-state index contributed by atoms with van der Waals surface area (Å²) in [5.74, 6) is 1.87. The number of hydrogen-bond acceptors (Lipinski definition) is 3. The number of nitrogens with two attached hydrogens (primary N) is 1. The second-order valence-electron chi connectivity index (χ2n) is 5.34. The van der Waals surface area contributed by atoms with E-state index in [1.165, 1.54) is 5.56 Å². The standard InChI is InChI=1S/C19H25NO2/c1-3-16-9-4-5-11-19(16)22-14-7-6-13-21-18-12-8-10-17(20)15(18)2/h4-5,8-12H,3,6-7,13-14,20H2,1-2H3. The predicted molar refractivity (Wildman–Crippen MR) is 91.6 cm³/mol. The van der Waals surface area contributed by atoms with Crippen molar-refractivity contribution in [2.75, 3.05) is 18.9 Å². The van der Waals surface area contributed by atoms with Crippen LogP contribution in [0.25, 0.3) is 0 Å². The molecule has 2 N–H and O–H groups in total. The van der Waals surface area contributed by atoms with E-state index in [1.54, 1.807) is 0 Å².